The Labute approximate surface area is 104 Å². The quantitative estimate of drug-likeness (QED) is 0.739. The Morgan fingerprint density at radius 2 is 2.00 bits per heavy atom. The lowest BCUT2D eigenvalue weighted by atomic mass is 10.1. The van der Waals surface area contributed by atoms with Gasteiger partial charge >= 0.3 is 0 Å². The van der Waals surface area contributed by atoms with Gasteiger partial charge < -0.3 is 4.90 Å². The van der Waals surface area contributed by atoms with E-state index in [-0.39, 0.29) is 0 Å². The van der Waals surface area contributed by atoms with Crippen LogP contribution in [-0.2, 0) is 0 Å². The Kier molecular flexibility index (Phi) is 3.58. The number of hydrogen-bond acceptors (Lipinski definition) is 2. The van der Waals surface area contributed by atoms with Crippen LogP contribution in [0.25, 0.3) is 0 Å². The lowest BCUT2D eigenvalue weighted by Crippen LogP contribution is -2.35. The number of anilines is 1. The van der Waals surface area contributed by atoms with E-state index in [4.69, 9.17) is 5.26 Å². The van der Waals surface area contributed by atoms with E-state index < -0.39 is 0 Å². The maximum absolute atomic E-state index is 8.66. The molecule has 0 aliphatic carbocycles. The molecule has 1 fully saturated rings. The van der Waals surface area contributed by atoms with Gasteiger partial charge in [0, 0.05) is 23.1 Å². The first-order valence-electron chi connectivity index (χ1n) is 5.30. The van der Waals surface area contributed by atoms with Gasteiger partial charge in [-0.15, -0.1) is 0 Å². The van der Waals surface area contributed by atoms with E-state index in [0.717, 1.165) is 41.8 Å². The van der Waals surface area contributed by atoms with E-state index in [1.807, 2.05) is 30.5 Å². The Balaban J connectivity index is 2.27. The monoisotopic (exact) mass is 277 g/mol. The fourth-order valence-corrected chi connectivity index (χ4v) is 2.15. The molecule has 0 spiro atoms. The molecule has 1 aliphatic rings. The smallest absolute Gasteiger partial charge is 0.207 e. The van der Waals surface area contributed by atoms with Gasteiger partial charge in [-0.25, -0.2) is 0 Å². The second-order valence-electron chi connectivity index (χ2n) is 3.71. The van der Waals surface area contributed by atoms with Crippen LogP contribution in [0.3, 0.4) is 0 Å². The van der Waals surface area contributed by atoms with Crippen LogP contribution in [0.5, 0.6) is 0 Å². The topological polar surface area (TPSA) is 39.4 Å². The summed E-state index contributed by atoms with van der Waals surface area (Å²) in [6.07, 6.45) is 5.05. The van der Waals surface area contributed by atoms with Gasteiger partial charge in [-0.05, 0) is 37.1 Å². The average Bonchev–Trinajstić information content (AvgIpc) is 2.32. The molecule has 0 N–H and O–H groups in total. The van der Waals surface area contributed by atoms with Crippen molar-refractivity contribution in [3.8, 4) is 6.19 Å². The minimum Gasteiger partial charge on any atom is -0.329 e. The number of piperidine rings is 1. The molecule has 0 amide bonds. The normalized spacial score (nSPS) is 18.5. The van der Waals surface area contributed by atoms with E-state index in [2.05, 4.69) is 25.8 Å². The van der Waals surface area contributed by atoms with Crippen LogP contribution in [0.2, 0.25) is 0 Å². The van der Waals surface area contributed by atoms with Crippen molar-refractivity contribution in [3.63, 3.8) is 0 Å². The molecule has 1 aliphatic heterocycles. The van der Waals surface area contributed by atoms with E-state index in [1.54, 1.807) is 0 Å². The van der Waals surface area contributed by atoms with Gasteiger partial charge in [-0.3, -0.25) is 0 Å². The predicted molar refractivity (Wildman–Crippen MR) is 68.4 cm³/mol. The van der Waals surface area contributed by atoms with Gasteiger partial charge in [0.15, 0.2) is 0 Å². The molecular formula is C12H12BrN3. The Morgan fingerprint density at radius 1 is 1.25 bits per heavy atom. The van der Waals surface area contributed by atoms with Crippen LogP contribution in [-0.4, -0.2) is 12.4 Å². The molecule has 3 nitrogen and oxygen atoms in total. The molecule has 16 heavy (non-hydrogen) atoms. The first-order valence-corrected chi connectivity index (χ1v) is 6.09. The molecule has 0 aromatic heterocycles. The van der Waals surface area contributed by atoms with Crippen LogP contribution in [0.1, 0.15) is 19.3 Å². The van der Waals surface area contributed by atoms with E-state index in [9.17, 15) is 0 Å². The van der Waals surface area contributed by atoms with Gasteiger partial charge in [0.2, 0.25) is 6.19 Å². The number of nitriles is 1. The third-order valence-electron chi connectivity index (χ3n) is 2.66. The maximum atomic E-state index is 8.66. The van der Waals surface area contributed by atoms with Crippen LogP contribution in [0.4, 0.5) is 5.69 Å². The van der Waals surface area contributed by atoms with Gasteiger partial charge in [0.25, 0.3) is 0 Å². The van der Waals surface area contributed by atoms with Crippen LogP contribution in [0, 0.1) is 11.5 Å². The highest BCUT2D eigenvalue weighted by Gasteiger charge is 2.17. The molecule has 0 bridgehead atoms. The largest absolute Gasteiger partial charge is 0.329 e. The summed E-state index contributed by atoms with van der Waals surface area (Å²) in [6.45, 7) is 0.947. The maximum Gasteiger partial charge on any atom is 0.207 e. The molecule has 1 aromatic rings. The number of hydrogen-bond donors (Lipinski definition) is 0. The van der Waals surface area contributed by atoms with Crippen molar-refractivity contribution in [2.24, 2.45) is 4.99 Å². The summed E-state index contributed by atoms with van der Waals surface area (Å²) in [4.78, 5) is 6.02. The molecule has 82 valence electrons. The van der Waals surface area contributed by atoms with Gasteiger partial charge in [0.05, 0.1) is 0 Å². The third-order valence-corrected chi connectivity index (χ3v) is 3.19. The number of rotatable bonds is 1. The van der Waals surface area contributed by atoms with Crippen molar-refractivity contribution in [2.75, 3.05) is 11.4 Å². The summed E-state index contributed by atoms with van der Waals surface area (Å²) >= 11 is 3.41. The highest BCUT2D eigenvalue weighted by atomic mass is 79.9. The zero-order chi connectivity index (χ0) is 11.4. The zero-order valence-corrected chi connectivity index (χ0v) is 10.4. The minimum atomic E-state index is 0.885. The lowest BCUT2D eigenvalue weighted by molar-refractivity contribution is 0.711. The minimum absolute atomic E-state index is 0.885. The standard InChI is InChI=1S/C12H12BrN3/c13-10-4-6-11(7-5-10)16-8-2-1-3-12(16)15-9-14/h4-7H,1-3,8H2/b15-12+. The first-order chi connectivity index (χ1) is 7.81. The molecule has 1 aromatic carbocycles. The van der Waals surface area contributed by atoms with Crippen LogP contribution in [0.15, 0.2) is 33.7 Å². The summed E-state index contributed by atoms with van der Waals surface area (Å²) in [6, 6.07) is 8.10. The second-order valence-corrected chi connectivity index (χ2v) is 4.63. The van der Waals surface area contributed by atoms with Crippen LogP contribution < -0.4 is 4.90 Å². The van der Waals surface area contributed by atoms with E-state index in [0.29, 0.717) is 0 Å². The second kappa shape index (κ2) is 5.13. The Hall–Kier alpha value is -1.34. The van der Waals surface area contributed by atoms with Crippen molar-refractivity contribution in [2.45, 2.75) is 19.3 Å². The van der Waals surface area contributed by atoms with Crippen molar-refractivity contribution < 1.29 is 0 Å². The molecule has 0 atom stereocenters. The average molecular weight is 278 g/mol. The van der Waals surface area contributed by atoms with Crippen molar-refractivity contribution in [1.29, 1.82) is 5.26 Å². The molecule has 4 heteroatoms. The summed E-state index contributed by atoms with van der Waals surface area (Å²) in [5, 5.41) is 8.66. The molecule has 0 saturated carbocycles. The third kappa shape index (κ3) is 2.42. The molecular weight excluding hydrogens is 266 g/mol. The molecule has 0 radical (unpaired) electrons. The summed E-state index contributed by atoms with van der Waals surface area (Å²) in [7, 11) is 0. The van der Waals surface area contributed by atoms with Crippen LogP contribution >= 0.6 is 15.9 Å². The Morgan fingerprint density at radius 3 is 2.69 bits per heavy atom. The van der Waals surface area contributed by atoms with E-state index in [1.165, 1.54) is 0 Å². The van der Waals surface area contributed by atoms with E-state index >= 15 is 0 Å². The van der Waals surface area contributed by atoms with Gasteiger partial charge in [-0.2, -0.15) is 10.3 Å². The fraction of sp³-hybridized carbons (Fsp3) is 0.333. The van der Waals surface area contributed by atoms with Gasteiger partial charge in [-0.1, -0.05) is 15.9 Å². The summed E-state index contributed by atoms with van der Waals surface area (Å²) < 4.78 is 1.06. The lowest BCUT2D eigenvalue weighted by Gasteiger charge is -2.29. The van der Waals surface area contributed by atoms with Crippen molar-refractivity contribution >= 4 is 27.5 Å². The number of nitrogens with zero attached hydrogens (tertiary/aromatic N) is 3. The zero-order valence-electron chi connectivity index (χ0n) is 8.86. The summed E-state index contributed by atoms with van der Waals surface area (Å²) in [5.41, 5.74) is 1.11. The Bertz CT molecular complexity index is 431. The molecule has 0 unspecified atom stereocenters. The first kappa shape index (κ1) is 11.2. The summed E-state index contributed by atoms with van der Waals surface area (Å²) in [5.74, 6) is 0.885. The number of benzene rings is 1. The molecule has 1 heterocycles. The SMILES string of the molecule is N#C/N=C1\CCCCN1c1ccc(Br)cc1. The van der Waals surface area contributed by atoms with Gasteiger partial charge in [0.1, 0.15) is 5.84 Å². The number of halogens is 1. The fourth-order valence-electron chi connectivity index (χ4n) is 1.89. The highest BCUT2D eigenvalue weighted by Crippen LogP contribution is 2.23. The predicted octanol–water partition coefficient (Wildman–Crippen LogP) is 3.32. The van der Waals surface area contributed by atoms with Crippen molar-refractivity contribution in [1.82, 2.24) is 0 Å². The highest BCUT2D eigenvalue weighted by molar-refractivity contribution is 9.10. The molecule has 2 rings (SSSR count). The number of amidine groups is 1. The van der Waals surface area contributed by atoms with Crippen molar-refractivity contribution in [3.05, 3.63) is 28.7 Å². The number of aliphatic imine (C=N–C) groups is 1. The molecule has 1 saturated heterocycles.